The van der Waals surface area contributed by atoms with E-state index >= 15 is 0 Å². The van der Waals surface area contributed by atoms with Gasteiger partial charge in [0.1, 0.15) is 24.5 Å². The van der Waals surface area contributed by atoms with Crippen LogP contribution in [0.4, 0.5) is 5.69 Å². The first kappa shape index (κ1) is 54.0. The summed E-state index contributed by atoms with van der Waals surface area (Å²) in [5, 5.41) is 4.57. The normalized spacial score (nSPS) is 13.3. The minimum absolute atomic E-state index is 0.427. The number of furan rings is 1. The van der Waals surface area contributed by atoms with Crippen LogP contribution in [0.3, 0.4) is 0 Å². The van der Waals surface area contributed by atoms with Crippen molar-refractivity contribution >= 4 is 50.4 Å². The number of pyridine rings is 6. The number of hydrogen-bond acceptors (Lipinski definition) is 12. The summed E-state index contributed by atoms with van der Waals surface area (Å²) in [6.45, 7) is 27.9. The summed E-state index contributed by atoms with van der Waals surface area (Å²) in [7, 11) is 0. The van der Waals surface area contributed by atoms with Crippen molar-refractivity contribution in [2.45, 2.75) is 138 Å². The standard InChI is InChI=1S/C11H13N.C10H12N2.C10H13NO2.C10H13NO.C10H11NO.C10H11NS/c1-8(2)11-6-9-4-3-5-10(9)7-12-11;1-7(2)9-5-8-3-4-11-10(8)6-12-9;1-7(2)8-5-9-10(6-11-8)13-4-3-12-9;3*1-7(2)10-8-4-6-12-9(8)3-5-11-10/h3,5-8H,4H2,1-2H3;4-7H,3H2,1-2H3;5-7H,3-4H2,1-2H3;3,5,7H,4,6H2,1-2H3;2*3-7H,1-2H3. The monoisotopic (exact) mass is 1000 g/mol. The summed E-state index contributed by atoms with van der Waals surface area (Å²) in [6.07, 6.45) is 22.2. The Morgan fingerprint density at radius 2 is 1.11 bits per heavy atom. The highest BCUT2D eigenvalue weighted by molar-refractivity contribution is 7.17. The van der Waals surface area contributed by atoms with Crippen molar-refractivity contribution in [3.05, 3.63) is 160 Å². The predicted molar refractivity (Wildman–Crippen MR) is 300 cm³/mol. The van der Waals surface area contributed by atoms with Gasteiger partial charge in [-0.25, -0.2) is 0 Å². The Bertz CT molecular complexity index is 2970. The molecule has 73 heavy (non-hydrogen) atoms. The maximum Gasteiger partial charge on any atom is 0.179 e. The van der Waals surface area contributed by atoms with Gasteiger partial charge in [-0.3, -0.25) is 34.9 Å². The van der Waals surface area contributed by atoms with Gasteiger partial charge in [-0.15, -0.1) is 11.3 Å². The fourth-order valence-electron chi connectivity index (χ4n) is 8.50. The van der Waals surface area contributed by atoms with Gasteiger partial charge in [0, 0.05) is 93.7 Å². The first-order chi connectivity index (χ1) is 35.2. The van der Waals surface area contributed by atoms with Gasteiger partial charge >= 0.3 is 0 Å². The lowest BCUT2D eigenvalue weighted by Crippen LogP contribution is -2.16. The van der Waals surface area contributed by atoms with Crippen molar-refractivity contribution in [1.29, 1.82) is 0 Å². The van der Waals surface area contributed by atoms with E-state index < -0.39 is 0 Å². The smallest absolute Gasteiger partial charge is 0.179 e. The van der Waals surface area contributed by atoms with Crippen molar-refractivity contribution in [3.8, 4) is 17.2 Å². The molecule has 0 aromatic carbocycles. The Hall–Kier alpha value is -6.79. The molecule has 0 amide bonds. The molecule has 0 unspecified atom stereocenters. The highest BCUT2D eigenvalue weighted by Crippen LogP contribution is 2.33. The maximum atomic E-state index is 5.45. The van der Waals surface area contributed by atoms with Crippen LogP contribution in [0.2, 0.25) is 0 Å². The number of hydrogen-bond donors (Lipinski definition) is 0. The van der Waals surface area contributed by atoms with E-state index in [4.69, 9.17) is 18.6 Å². The van der Waals surface area contributed by atoms with Crippen molar-refractivity contribution in [2.75, 3.05) is 19.8 Å². The zero-order valence-electron chi connectivity index (χ0n) is 44.8. The van der Waals surface area contributed by atoms with Crippen LogP contribution in [-0.2, 0) is 19.3 Å². The van der Waals surface area contributed by atoms with Crippen LogP contribution in [0.25, 0.3) is 27.1 Å². The number of allylic oxidation sites excluding steroid dienone is 1. The van der Waals surface area contributed by atoms with Crippen LogP contribution in [0.15, 0.2) is 113 Å². The maximum absolute atomic E-state index is 5.45. The lowest BCUT2D eigenvalue weighted by atomic mass is 10.0. The van der Waals surface area contributed by atoms with Gasteiger partial charge in [-0.2, -0.15) is 0 Å². The van der Waals surface area contributed by atoms with E-state index in [2.05, 4.69) is 160 Å². The van der Waals surface area contributed by atoms with Crippen LogP contribution in [0.5, 0.6) is 17.2 Å². The van der Waals surface area contributed by atoms with E-state index in [0.29, 0.717) is 48.7 Å². The summed E-state index contributed by atoms with van der Waals surface area (Å²) in [6, 6.07) is 16.4. The summed E-state index contributed by atoms with van der Waals surface area (Å²) in [5.41, 5.74) is 14.3. The molecule has 0 bridgehead atoms. The molecule has 0 saturated heterocycles. The molecule has 0 radical (unpaired) electrons. The Labute approximate surface area is 436 Å². The molecular formula is C61H73N7O4S. The Kier molecular flexibility index (Phi) is 19.0. The number of aliphatic imine (C=N–C) groups is 1. The lowest BCUT2D eigenvalue weighted by Gasteiger charge is -2.18. The van der Waals surface area contributed by atoms with Crippen molar-refractivity contribution in [1.82, 2.24) is 29.9 Å². The summed E-state index contributed by atoms with van der Waals surface area (Å²) < 4.78 is 22.9. The zero-order valence-corrected chi connectivity index (χ0v) is 45.7. The molecule has 1 aliphatic carbocycles. The van der Waals surface area contributed by atoms with Crippen LogP contribution in [-0.4, -0.2) is 55.9 Å². The molecule has 11 heterocycles. The van der Waals surface area contributed by atoms with Crippen LogP contribution >= 0.6 is 11.3 Å². The molecule has 11 nitrogen and oxygen atoms in total. The second kappa shape index (κ2) is 25.7. The van der Waals surface area contributed by atoms with Crippen molar-refractivity contribution in [3.63, 3.8) is 0 Å². The van der Waals surface area contributed by atoms with E-state index in [1.54, 1.807) is 30.0 Å². The topological polar surface area (TPSA) is 131 Å². The van der Waals surface area contributed by atoms with Gasteiger partial charge in [0.15, 0.2) is 11.5 Å². The van der Waals surface area contributed by atoms with Crippen molar-refractivity contribution < 1.29 is 18.6 Å². The molecule has 8 aromatic heterocycles. The van der Waals surface area contributed by atoms with E-state index in [9.17, 15) is 0 Å². The molecule has 12 heteroatoms. The van der Waals surface area contributed by atoms with Crippen LogP contribution in [0.1, 0.15) is 175 Å². The predicted octanol–water partition coefficient (Wildman–Crippen LogP) is 15.7. The molecule has 0 fully saturated rings. The van der Waals surface area contributed by atoms with E-state index in [1.165, 1.54) is 55.1 Å². The number of fused-ring (bicyclic) bond motifs is 6. The van der Waals surface area contributed by atoms with Crippen LogP contribution < -0.4 is 14.2 Å². The molecule has 0 saturated carbocycles. The third-order valence-electron chi connectivity index (χ3n) is 12.6. The molecule has 4 aliphatic rings. The molecule has 12 rings (SSSR count). The molecule has 0 atom stereocenters. The molecule has 0 N–H and O–H groups in total. The lowest BCUT2D eigenvalue weighted by molar-refractivity contribution is 0.170. The van der Waals surface area contributed by atoms with E-state index in [-0.39, 0.29) is 0 Å². The minimum Gasteiger partial charge on any atom is -0.493 e. The first-order valence-corrected chi connectivity index (χ1v) is 26.7. The molecule has 8 aromatic rings. The highest BCUT2D eigenvalue weighted by atomic mass is 32.1. The number of thiophene rings is 1. The second-order valence-electron chi connectivity index (χ2n) is 20.2. The van der Waals surface area contributed by atoms with Gasteiger partial charge in [-0.05, 0) is 106 Å². The van der Waals surface area contributed by atoms with E-state index in [0.717, 1.165) is 71.2 Å². The molecule has 3 aliphatic heterocycles. The molecular weight excluding hydrogens is 927 g/mol. The van der Waals surface area contributed by atoms with Gasteiger partial charge in [-0.1, -0.05) is 95.2 Å². The quantitative estimate of drug-likeness (QED) is 0.159. The molecule has 382 valence electrons. The molecule has 0 spiro atoms. The average molecular weight is 1000 g/mol. The summed E-state index contributed by atoms with van der Waals surface area (Å²) in [5.74, 6) is 5.56. The fourth-order valence-corrected chi connectivity index (χ4v) is 9.29. The van der Waals surface area contributed by atoms with Gasteiger partial charge < -0.3 is 18.6 Å². The number of nitrogens with zero attached hydrogens (tertiary/aromatic N) is 7. The Balaban J connectivity index is 0.000000128. The number of ether oxygens (including phenoxy) is 3. The third-order valence-corrected chi connectivity index (χ3v) is 13.4. The SMILES string of the molecule is CC(C)c1cc2c(cn1)C=CC2.CC(C)c1cc2c(cn1)N=CC2.CC(C)c1cc2c(cn1)OCCO2.CC(C)c1nccc2c1CCO2.CC(C)c1nccc2occc12.CC(C)c1nccc2sccc12. The summed E-state index contributed by atoms with van der Waals surface area (Å²) in [4.78, 5) is 30.3. The van der Waals surface area contributed by atoms with Gasteiger partial charge in [0.2, 0.25) is 0 Å². The Morgan fingerprint density at radius 3 is 1.82 bits per heavy atom. The largest absolute Gasteiger partial charge is 0.493 e. The number of rotatable bonds is 6. The summed E-state index contributed by atoms with van der Waals surface area (Å²) >= 11 is 1.78. The fraction of sp³-hybridized carbons (Fsp3) is 0.393. The minimum atomic E-state index is 0.427. The Morgan fingerprint density at radius 1 is 0.507 bits per heavy atom. The van der Waals surface area contributed by atoms with E-state index in [1.807, 2.05) is 55.3 Å². The van der Waals surface area contributed by atoms with Crippen molar-refractivity contribution in [2.24, 2.45) is 4.99 Å². The highest BCUT2D eigenvalue weighted by Gasteiger charge is 2.19. The first-order valence-electron chi connectivity index (χ1n) is 25.8. The third kappa shape index (κ3) is 14.3. The van der Waals surface area contributed by atoms with Gasteiger partial charge in [0.25, 0.3) is 0 Å². The van der Waals surface area contributed by atoms with Crippen LogP contribution in [0, 0.1) is 0 Å². The zero-order chi connectivity index (χ0) is 52.0. The van der Waals surface area contributed by atoms with Gasteiger partial charge in [0.05, 0.1) is 42.3 Å². The average Bonchev–Trinajstić information content (AvgIpc) is 4.26. The number of aromatic nitrogens is 6. The second-order valence-corrected chi connectivity index (χ2v) is 21.1.